The molecule has 0 aliphatic rings. The lowest BCUT2D eigenvalue weighted by Gasteiger charge is -2.21. The largest absolute Gasteiger partial charge is 0.348 e. The second-order valence-corrected chi connectivity index (χ2v) is 10.2. The molecule has 4 aromatic rings. The molecule has 1 aromatic heterocycles. The van der Waals surface area contributed by atoms with E-state index in [0.717, 1.165) is 30.0 Å². The van der Waals surface area contributed by atoms with Crippen LogP contribution in [0.5, 0.6) is 0 Å². The highest BCUT2D eigenvalue weighted by atomic mass is 32.1. The van der Waals surface area contributed by atoms with Gasteiger partial charge in [0.25, 0.3) is 5.91 Å². The van der Waals surface area contributed by atoms with Crippen LogP contribution in [0.25, 0.3) is 0 Å². The van der Waals surface area contributed by atoms with Gasteiger partial charge in [-0.2, -0.15) is 0 Å². The fourth-order valence-corrected chi connectivity index (χ4v) is 4.86. The third kappa shape index (κ3) is 7.83. The van der Waals surface area contributed by atoms with Gasteiger partial charge in [-0.3, -0.25) is 9.69 Å². The summed E-state index contributed by atoms with van der Waals surface area (Å²) in [5.41, 5.74) is 5.18. The molecule has 0 aliphatic heterocycles. The van der Waals surface area contributed by atoms with Gasteiger partial charge in [0.05, 0.1) is 6.54 Å². The lowest BCUT2D eigenvalue weighted by atomic mass is 10.1. The fourth-order valence-electron chi connectivity index (χ4n) is 4.04. The Morgan fingerprint density at radius 1 is 0.917 bits per heavy atom. The van der Waals surface area contributed by atoms with Crippen molar-refractivity contribution >= 4 is 17.2 Å². The lowest BCUT2D eigenvalue weighted by Crippen LogP contribution is -2.33. The minimum absolute atomic E-state index is 0.0550. The number of nitrogens with zero attached hydrogens (tertiary/aromatic N) is 2. The van der Waals surface area contributed by atoms with E-state index in [4.69, 9.17) is 0 Å². The van der Waals surface area contributed by atoms with E-state index in [1.807, 2.05) is 42.6 Å². The molecule has 6 heteroatoms. The molecular formula is C30H32FN3OS. The van der Waals surface area contributed by atoms with Crippen LogP contribution in [0.4, 0.5) is 4.39 Å². The number of carbonyl (C=O) groups excluding carboxylic acids is 1. The lowest BCUT2D eigenvalue weighted by molar-refractivity contribution is 0.0933. The minimum Gasteiger partial charge on any atom is -0.348 e. The number of rotatable bonds is 11. The molecule has 4 rings (SSSR count). The third-order valence-electron chi connectivity index (χ3n) is 6.08. The average Bonchev–Trinajstić information content (AvgIpc) is 3.35. The van der Waals surface area contributed by atoms with Gasteiger partial charge in [0, 0.05) is 24.5 Å². The van der Waals surface area contributed by atoms with Gasteiger partial charge in [0.2, 0.25) is 0 Å². The first-order valence-electron chi connectivity index (χ1n) is 12.3. The number of thiazole rings is 1. The summed E-state index contributed by atoms with van der Waals surface area (Å²) in [6.45, 7) is 6.10. The summed E-state index contributed by atoms with van der Waals surface area (Å²) in [5.74, 6) is -0.376. The SMILES string of the molecule is Cc1ccc(CN(Cc2ccc(F)cc2)Cc2nc(C(=O)N[C@H](C)CCc3ccccc3)cs2)cc1. The predicted molar refractivity (Wildman–Crippen MR) is 144 cm³/mol. The zero-order valence-corrected chi connectivity index (χ0v) is 21.6. The average molecular weight is 502 g/mol. The number of hydrogen-bond donors (Lipinski definition) is 1. The van der Waals surface area contributed by atoms with Crippen LogP contribution in [-0.4, -0.2) is 21.8 Å². The Bertz CT molecular complexity index is 1190. The normalized spacial score (nSPS) is 12.0. The number of benzene rings is 3. The first-order chi connectivity index (χ1) is 17.4. The maximum absolute atomic E-state index is 13.4. The van der Waals surface area contributed by atoms with Gasteiger partial charge in [0.15, 0.2) is 0 Å². The second-order valence-electron chi connectivity index (χ2n) is 9.28. The third-order valence-corrected chi connectivity index (χ3v) is 6.91. The van der Waals surface area contributed by atoms with Gasteiger partial charge in [0.1, 0.15) is 16.5 Å². The van der Waals surface area contributed by atoms with E-state index in [9.17, 15) is 9.18 Å². The van der Waals surface area contributed by atoms with Crippen molar-refractivity contribution in [3.63, 3.8) is 0 Å². The molecule has 0 radical (unpaired) electrons. The molecule has 1 heterocycles. The molecule has 1 amide bonds. The summed E-state index contributed by atoms with van der Waals surface area (Å²) in [6, 6.07) is 25.4. The minimum atomic E-state index is -0.239. The molecule has 0 unspecified atom stereocenters. The molecule has 0 saturated heterocycles. The molecule has 0 fully saturated rings. The van der Waals surface area contributed by atoms with Crippen molar-refractivity contribution in [2.24, 2.45) is 0 Å². The summed E-state index contributed by atoms with van der Waals surface area (Å²) in [5, 5.41) is 5.79. The summed E-state index contributed by atoms with van der Waals surface area (Å²) >= 11 is 1.50. The fraction of sp³-hybridized carbons (Fsp3) is 0.267. The highest BCUT2D eigenvalue weighted by Gasteiger charge is 2.16. The van der Waals surface area contributed by atoms with Crippen LogP contribution in [0.15, 0.2) is 84.2 Å². The Balaban J connectivity index is 1.38. The van der Waals surface area contributed by atoms with Crippen molar-refractivity contribution in [1.82, 2.24) is 15.2 Å². The zero-order valence-electron chi connectivity index (χ0n) is 20.8. The number of halogens is 1. The quantitative estimate of drug-likeness (QED) is 0.254. The van der Waals surface area contributed by atoms with Gasteiger partial charge in [-0.05, 0) is 55.5 Å². The van der Waals surface area contributed by atoms with E-state index in [2.05, 4.69) is 58.5 Å². The van der Waals surface area contributed by atoms with E-state index in [1.54, 1.807) is 0 Å². The van der Waals surface area contributed by atoms with Gasteiger partial charge in [-0.15, -0.1) is 11.3 Å². The highest BCUT2D eigenvalue weighted by molar-refractivity contribution is 7.09. The molecular weight excluding hydrogens is 469 g/mol. The van der Waals surface area contributed by atoms with Crippen LogP contribution in [0.3, 0.4) is 0 Å². The van der Waals surface area contributed by atoms with E-state index in [-0.39, 0.29) is 17.8 Å². The van der Waals surface area contributed by atoms with Gasteiger partial charge in [-0.1, -0.05) is 72.3 Å². The van der Waals surface area contributed by atoms with Crippen molar-refractivity contribution in [2.75, 3.05) is 0 Å². The van der Waals surface area contributed by atoms with E-state index >= 15 is 0 Å². The standard InChI is InChI=1S/C30H32FN3OS/c1-22-8-11-25(12-9-22)18-34(19-26-14-16-27(31)17-15-26)20-29-33-28(21-36-29)30(35)32-23(2)10-13-24-6-4-3-5-7-24/h3-9,11-12,14-17,21,23H,10,13,18-20H2,1-2H3,(H,32,35)/t23-/m1/s1. The second kappa shape index (κ2) is 12.6. The van der Waals surface area contributed by atoms with Crippen molar-refractivity contribution in [3.8, 4) is 0 Å². The Labute approximate surface area is 216 Å². The number of carbonyl (C=O) groups is 1. The molecule has 0 saturated carbocycles. The maximum Gasteiger partial charge on any atom is 0.270 e. The molecule has 0 aliphatic carbocycles. The first-order valence-corrected chi connectivity index (χ1v) is 13.1. The van der Waals surface area contributed by atoms with Gasteiger partial charge >= 0.3 is 0 Å². The Kier molecular flexibility index (Phi) is 8.98. The Morgan fingerprint density at radius 2 is 1.56 bits per heavy atom. The number of hydrogen-bond acceptors (Lipinski definition) is 4. The topological polar surface area (TPSA) is 45.2 Å². The molecule has 4 nitrogen and oxygen atoms in total. The summed E-state index contributed by atoms with van der Waals surface area (Å²) in [6.07, 6.45) is 1.79. The predicted octanol–water partition coefficient (Wildman–Crippen LogP) is 6.54. The van der Waals surface area contributed by atoms with Crippen LogP contribution < -0.4 is 5.32 Å². The molecule has 1 atom stereocenters. The van der Waals surface area contributed by atoms with E-state index < -0.39 is 0 Å². The Morgan fingerprint density at radius 3 is 2.22 bits per heavy atom. The van der Waals surface area contributed by atoms with E-state index in [0.29, 0.717) is 18.8 Å². The molecule has 186 valence electrons. The van der Waals surface area contributed by atoms with Crippen LogP contribution >= 0.6 is 11.3 Å². The molecule has 1 N–H and O–H groups in total. The smallest absolute Gasteiger partial charge is 0.270 e. The Hall–Kier alpha value is -3.35. The van der Waals surface area contributed by atoms with Crippen LogP contribution in [-0.2, 0) is 26.1 Å². The van der Waals surface area contributed by atoms with Crippen molar-refractivity contribution in [2.45, 2.75) is 52.4 Å². The monoisotopic (exact) mass is 501 g/mol. The van der Waals surface area contributed by atoms with E-state index in [1.165, 1.54) is 40.2 Å². The maximum atomic E-state index is 13.4. The number of aryl methyl sites for hydroxylation is 2. The van der Waals surface area contributed by atoms with Crippen molar-refractivity contribution in [1.29, 1.82) is 0 Å². The number of nitrogens with one attached hydrogen (secondary N) is 1. The molecule has 0 spiro atoms. The zero-order chi connectivity index (χ0) is 25.3. The number of amides is 1. The van der Waals surface area contributed by atoms with Crippen molar-refractivity contribution in [3.05, 3.63) is 123 Å². The molecule has 0 bridgehead atoms. The summed E-state index contributed by atoms with van der Waals surface area (Å²) in [4.78, 5) is 19.7. The summed E-state index contributed by atoms with van der Waals surface area (Å²) in [7, 11) is 0. The van der Waals surface area contributed by atoms with Crippen molar-refractivity contribution < 1.29 is 9.18 Å². The van der Waals surface area contributed by atoms with Crippen LogP contribution in [0.2, 0.25) is 0 Å². The molecule has 3 aromatic carbocycles. The highest BCUT2D eigenvalue weighted by Crippen LogP contribution is 2.18. The van der Waals surface area contributed by atoms with Gasteiger partial charge < -0.3 is 5.32 Å². The summed E-state index contributed by atoms with van der Waals surface area (Å²) < 4.78 is 13.4. The van der Waals surface area contributed by atoms with Crippen LogP contribution in [0, 0.1) is 12.7 Å². The van der Waals surface area contributed by atoms with Gasteiger partial charge in [-0.25, -0.2) is 9.37 Å². The first kappa shape index (κ1) is 25.7. The van der Waals surface area contributed by atoms with Crippen LogP contribution in [0.1, 0.15) is 51.1 Å². The molecule has 36 heavy (non-hydrogen) atoms. The number of aromatic nitrogens is 1.